The number of likely N-dealkylation sites (tertiary alicyclic amines) is 1. The molecule has 1 aliphatic heterocycles. The van der Waals surface area contributed by atoms with Crippen LogP contribution < -0.4 is 10.1 Å². The highest BCUT2D eigenvalue weighted by atomic mass is 35.5. The van der Waals surface area contributed by atoms with Gasteiger partial charge in [-0.15, -0.1) is 0 Å². The minimum absolute atomic E-state index is 0.298. The van der Waals surface area contributed by atoms with Crippen molar-refractivity contribution < 1.29 is 9.84 Å². The minimum atomic E-state index is -0.298. The summed E-state index contributed by atoms with van der Waals surface area (Å²) < 4.78 is 5.47. The first-order valence-corrected chi connectivity index (χ1v) is 9.49. The molecule has 1 aromatic rings. The smallest absolute Gasteiger partial charge is 0.156 e. The quantitative estimate of drug-likeness (QED) is 0.731. The Hall–Kier alpha value is -0.520. The summed E-state index contributed by atoms with van der Waals surface area (Å²) in [5, 5.41) is 14.0. The molecule has 1 heterocycles. The van der Waals surface area contributed by atoms with Gasteiger partial charge in [0.2, 0.25) is 0 Å². The summed E-state index contributed by atoms with van der Waals surface area (Å²) in [6.07, 6.45) is 2.97. The molecule has 2 atom stereocenters. The monoisotopic (exact) mass is 374 g/mol. The third kappa shape index (κ3) is 6.08. The molecule has 0 radical (unpaired) electrons. The SMILES string of the molecule is CCOc1c(Cl)cc(CCN2CCC[C@H](NC[C@@H](C)O)C2)cc1Cl. The van der Waals surface area contributed by atoms with Crippen LogP contribution in [0.1, 0.15) is 32.3 Å². The van der Waals surface area contributed by atoms with Crippen LogP contribution in [0.15, 0.2) is 12.1 Å². The molecule has 0 aromatic heterocycles. The number of nitrogens with one attached hydrogen (secondary N) is 1. The summed E-state index contributed by atoms with van der Waals surface area (Å²) in [5.41, 5.74) is 1.13. The van der Waals surface area contributed by atoms with Crippen molar-refractivity contribution in [2.75, 3.05) is 32.8 Å². The summed E-state index contributed by atoms with van der Waals surface area (Å²) >= 11 is 12.5. The molecule has 1 aliphatic rings. The predicted octanol–water partition coefficient (Wildman–Crippen LogP) is 3.37. The maximum atomic E-state index is 9.40. The Morgan fingerprint density at radius 2 is 2.08 bits per heavy atom. The van der Waals surface area contributed by atoms with E-state index in [1.807, 2.05) is 26.0 Å². The number of benzene rings is 1. The van der Waals surface area contributed by atoms with Crippen LogP contribution in [0.25, 0.3) is 0 Å². The number of nitrogens with zero attached hydrogens (tertiary/aromatic N) is 1. The Kier molecular flexibility index (Phi) is 8.11. The van der Waals surface area contributed by atoms with E-state index in [0.29, 0.717) is 35.0 Å². The zero-order chi connectivity index (χ0) is 17.5. The zero-order valence-corrected chi connectivity index (χ0v) is 16.0. The van der Waals surface area contributed by atoms with E-state index in [9.17, 15) is 5.11 Å². The topological polar surface area (TPSA) is 44.7 Å². The molecule has 0 bridgehead atoms. The lowest BCUT2D eigenvalue weighted by Crippen LogP contribution is -2.47. The van der Waals surface area contributed by atoms with Crippen LogP contribution in [0.2, 0.25) is 10.0 Å². The van der Waals surface area contributed by atoms with Gasteiger partial charge in [0.25, 0.3) is 0 Å². The summed E-state index contributed by atoms with van der Waals surface area (Å²) in [7, 11) is 0. The molecule has 1 aromatic carbocycles. The van der Waals surface area contributed by atoms with Crippen LogP contribution in [-0.2, 0) is 6.42 Å². The number of halogens is 2. The highest BCUT2D eigenvalue weighted by Gasteiger charge is 2.19. The molecular formula is C18H28Cl2N2O2. The normalized spacial score (nSPS) is 20.1. The number of aliphatic hydroxyl groups is 1. The van der Waals surface area contributed by atoms with E-state index in [-0.39, 0.29) is 6.10 Å². The number of hydrogen-bond donors (Lipinski definition) is 2. The standard InChI is InChI=1S/C18H28Cl2N2O2/c1-3-24-18-16(19)9-14(10-17(18)20)6-8-22-7-4-5-15(12-22)21-11-13(2)23/h9-10,13,15,21,23H,3-8,11-12H2,1-2H3/t13-,15+/m1/s1. The molecule has 4 nitrogen and oxygen atoms in total. The van der Waals surface area contributed by atoms with Gasteiger partial charge in [-0.05, 0) is 57.4 Å². The molecule has 2 N–H and O–H groups in total. The number of rotatable bonds is 8. The van der Waals surface area contributed by atoms with E-state index in [1.54, 1.807) is 0 Å². The van der Waals surface area contributed by atoms with Gasteiger partial charge in [0, 0.05) is 25.7 Å². The fraction of sp³-hybridized carbons (Fsp3) is 0.667. The van der Waals surface area contributed by atoms with Crippen molar-refractivity contribution in [2.45, 2.75) is 45.3 Å². The van der Waals surface area contributed by atoms with Gasteiger partial charge in [-0.25, -0.2) is 0 Å². The highest BCUT2D eigenvalue weighted by molar-refractivity contribution is 6.37. The lowest BCUT2D eigenvalue weighted by molar-refractivity contribution is 0.157. The predicted molar refractivity (Wildman–Crippen MR) is 100 cm³/mol. The van der Waals surface area contributed by atoms with Crippen molar-refractivity contribution >= 4 is 23.2 Å². The van der Waals surface area contributed by atoms with E-state index in [0.717, 1.165) is 31.6 Å². The largest absolute Gasteiger partial charge is 0.491 e. The van der Waals surface area contributed by atoms with Gasteiger partial charge in [0.1, 0.15) is 0 Å². The van der Waals surface area contributed by atoms with Gasteiger partial charge in [0.05, 0.1) is 22.8 Å². The van der Waals surface area contributed by atoms with Crippen LogP contribution in [0.3, 0.4) is 0 Å². The van der Waals surface area contributed by atoms with Crippen LogP contribution in [0, 0.1) is 0 Å². The molecule has 0 saturated carbocycles. The summed E-state index contributed by atoms with van der Waals surface area (Å²) in [4.78, 5) is 2.46. The summed E-state index contributed by atoms with van der Waals surface area (Å²) in [5.74, 6) is 0.574. The first-order valence-electron chi connectivity index (χ1n) is 8.74. The van der Waals surface area contributed by atoms with Crippen molar-refractivity contribution in [1.82, 2.24) is 10.2 Å². The molecule has 0 unspecified atom stereocenters. The van der Waals surface area contributed by atoms with E-state index in [4.69, 9.17) is 27.9 Å². The Morgan fingerprint density at radius 1 is 1.38 bits per heavy atom. The average molecular weight is 375 g/mol. The maximum absolute atomic E-state index is 9.40. The molecule has 2 rings (SSSR count). The van der Waals surface area contributed by atoms with Gasteiger partial charge >= 0.3 is 0 Å². The Morgan fingerprint density at radius 3 is 2.71 bits per heavy atom. The Labute approximate surface area is 155 Å². The number of hydrogen-bond acceptors (Lipinski definition) is 4. The van der Waals surface area contributed by atoms with Crippen LogP contribution >= 0.6 is 23.2 Å². The number of aliphatic hydroxyl groups excluding tert-OH is 1. The third-order valence-corrected chi connectivity index (χ3v) is 4.83. The van der Waals surface area contributed by atoms with Gasteiger partial charge in [-0.3, -0.25) is 0 Å². The van der Waals surface area contributed by atoms with Gasteiger partial charge in [0.15, 0.2) is 5.75 Å². The lowest BCUT2D eigenvalue weighted by Gasteiger charge is -2.33. The maximum Gasteiger partial charge on any atom is 0.156 e. The van der Waals surface area contributed by atoms with Crippen molar-refractivity contribution in [3.8, 4) is 5.75 Å². The van der Waals surface area contributed by atoms with E-state index in [2.05, 4.69) is 10.2 Å². The van der Waals surface area contributed by atoms with Crippen LogP contribution in [-0.4, -0.2) is 54.9 Å². The molecule has 24 heavy (non-hydrogen) atoms. The molecular weight excluding hydrogens is 347 g/mol. The Balaban J connectivity index is 1.86. The first kappa shape index (κ1) is 19.8. The average Bonchev–Trinajstić information content (AvgIpc) is 2.55. The van der Waals surface area contributed by atoms with Gasteiger partial charge in [-0.1, -0.05) is 23.2 Å². The van der Waals surface area contributed by atoms with E-state index < -0.39 is 0 Å². The summed E-state index contributed by atoms with van der Waals surface area (Å²) in [6, 6.07) is 4.36. The van der Waals surface area contributed by atoms with Crippen LogP contribution in [0.5, 0.6) is 5.75 Å². The van der Waals surface area contributed by atoms with Crippen molar-refractivity contribution in [1.29, 1.82) is 0 Å². The molecule has 0 amide bonds. The zero-order valence-electron chi connectivity index (χ0n) is 14.5. The fourth-order valence-corrected chi connectivity index (χ4v) is 3.73. The molecule has 1 fully saturated rings. The number of ether oxygens (including phenoxy) is 1. The molecule has 0 spiro atoms. The summed E-state index contributed by atoms with van der Waals surface area (Å²) in [6.45, 7) is 8.05. The van der Waals surface area contributed by atoms with Gasteiger partial charge < -0.3 is 20.1 Å². The van der Waals surface area contributed by atoms with E-state index in [1.165, 1.54) is 12.8 Å². The van der Waals surface area contributed by atoms with Crippen molar-refractivity contribution in [3.63, 3.8) is 0 Å². The fourth-order valence-electron chi connectivity index (χ4n) is 3.09. The first-order chi connectivity index (χ1) is 11.5. The van der Waals surface area contributed by atoms with Crippen LogP contribution in [0.4, 0.5) is 0 Å². The molecule has 1 saturated heterocycles. The van der Waals surface area contributed by atoms with E-state index >= 15 is 0 Å². The van der Waals surface area contributed by atoms with Crippen molar-refractivity contribution in [3.05, 3.63) is 27.7 Å². The third-order valence-electron chi connectivity index (χ3n) is 4.27. The van der Waals surface area contributed by atoms with Gasteiger partial charge in [-0.2, -0.15) is 0 Å². The molecule has 6 heteroatoms. The highest BCUT2D eigenvalue weighted by Crippen LogP contribution is 2.34. The minimum Gasteiger partial charge on any atom is -0.491 e. The Bertz CT molecular complexity index is 503. The van der Waals surface area contributed by atoms with Crippen molar-refractivity contribution in [2.24, 2.45) is 0 Å². The molecule has 136 valence electrons. The molecule has 0 aliphatic carbocycles. The number of piperidine rings is 1. The lowest BCUT2D eigenvalue weighted by atomic mass is 10.0. The second kappa shape index (κ2) is 9.83. The second-order valence-corrected chi connectivity index (χ2v) is 7.28. The second-order valence-electron chi connectivity index (χ2n) is 6.47.